The van der Waals surface area contributed by atoms with E-state index in [1.54, 1.807) is 12.1 Å². The van der Waals surface area contributed by atoms with Gasteiger partial charge in [-0.2, -0.15) is 13.2 Å². The molecule has 1 aliphatic heterocycles. The largest absolute Gasteiger partial charge is 0.417 e. The minimum Gasteiger partial charge on any atom is -0.367 e. The third-order valence-electron chi connectivity index (χ3n) is 5.10. The normalized spacial score (nSPS) is 13.3. The molecule has 0 fully saturated rings. The Morgan fingerprint density at radius 2 is 1.77 bits per heavy atom. The predicted octanol–water partition coefficient (Wildman–Crippen LogP) is 6.17. The van der Waals surface area contributed by atoms with Gasteiger partial charge in [-0.3, -0.25) is 4.79 Å². The lowest BCUT2D eigenvalue weighted by atomic mass is 10.1. The van der Waals surface area contributed by atoms with Crippen molar-refractivity contribution in [1.29, 1.82) is 0 Å². The van der Waals surface area contributed by atoms with Crippen LogP contribution in [0.5, 0.6) is 0 Å². The zero-order chi connectivity index (χ0) is 21.3. The predicted molar refractivity (Wildman–Crippen MR) is 112 cm³/mol. The quantitative estimate of drug-likeness (QED) is 0.536. The zero-order valence-electron chi connectivity index (χ0n) is 15.8. The van der Waals surface area contributed by atoms with Crippen molar-refractivity contribution in [3.8, 4) is 0 Å². The van der Waals surface area contributed by atoms with Crippen LogP contribution < -0.4 is 10.2 Å². The van der Waals surface area contributed by atoms with Crippen molar-refractivity contribution in [2.24, 2.45) is 0 Å². The Balaban J connectivity index is 1.44. The number of anilines is 2. The highest BCUT2D eigenvalue weighted by atomic mass is 35.5. The van der Waals surface area contributed by atoms with E-state index in [9.17, 15) is 18.0 Å². The number of nitrogens with zero attached hydrogens (tertiary/aromatic N) is 1. The number of para-hydroxylation sites is 1. The van der Waals surface area contributed by atoms with E-state index in [1.807, 2.05) is 24.3 Å². The molecule has 7 heteroatoms. The molecule has 3 aromatic carbocycles. The smallest absolute Gasteiger partial charge is 0.367 e. The third-order valence-corrected chi connectivity index (χ3v) is 5.43. The van der Waals surface area contributed by atoms with E-state index >= 15 is 0 Å². The fraction of sp³-hybridized carbons (Fsp3) is 0.174. The number of fused-ring (bicyclic) bond motifs is 1. The third kappa shape index (κ3) is 4.28. The average Bonchev–Trinajstić information content (AvgIpc) is 3.12. The number of hydrogen-bond acceptors (Lipinski definition) is 2. The van der Waals surface area contributed by atoms with Gasteiger partial charge in [0.1, 0.15) is 0 Å². The van der Waals surface area contributed by atoms with Gasteiger partial charge in [0, 0.05) is 30.0 Å². The number of nitrogens with one attached hydrogen (secondary N) is 1. The molecule has 0 spiro atoms. The summed E-state index contributed by atoms with van der Waals surface area (Å²) >= 11 is 5.62. The summed E-state index contributed by atoms with van der Waals surface area (Å²) in [6.07, 6.45) is -3.58. The number of carbonyl (C=O) groups excluding carboxylic acids is 1. The minimum absolute atomic E-state index is 0.0366. The Morgan fingerprint density at radius 3 is 2.50 bits per heavy atom. The van der Waals surface area contributed by atoms with Crippen molar-refractivity contribution >= 4 is 28.9 Å². The summed E-state index contributed by atoms with van der Waals surface area (Å²) in [5.74, 6) is -0.483. The van der Waals surface area contributed by atoms with Crippen LogP contribution in [-0.2, 0) is 19.1 Å². The molecule has 0 aliphatic carbocycles. The first kappa shape index (κ1) is 20.3. The van der Waals surface area contributed by atoms with Crippen molar-refractivity contribution in [3.63, 3.8) is 0 Å². The highest BCUT2D eigenvalue weighted by Crippen LogP contribution is 2.36. The van der Waals surface area contributed by atoms with Crippen LogP contribution in [0, 0.1) is 0 Å². The highest BCUT2D eigenvalue weighted by Gasteiger charge is 2.33. The second-order valence-corrected chi connectivity index (χ2v) is 7.55. The molecule has 1 aliphatic rings. The molecule has 0 saturated heterocycles. The Bertz CT molecular complexity index is 1080. The van der Waals surface area contributed by atoms with Gasteiger partial charge in [-0.15, -0.1) is 0 Å². The summed E-state index contributed by atoms with van der Waals surface area (Å²) in [7, 11) is 0. The molecule has 0 aromatic heterocycles. The number of carbonyl (C=O) groups is 1. The van der Waals surface area contributed by atoms with Gasteiger partial charge in [-0.25, -0.2) is 0 Å². The molecule has 154 valence electrons. The Morgan fingerprint density at radius 1 is 1.03 bits per heavy atom. The lowest BCUT2D eigenvalue weighted by Gasteiger charge is -2.19. The second kappa shape index (κ2) is 8.03. The fourth-order valence-electron chi connectivity index (χ4n) is 3.58. The molecule has 4 rings (SSSR count). The second-order valence-electron chi connectivity index (χ2n) is 7.14. The number of hydrogen-bond donors (Lipinski definition) is 1. The van der Waals surface area contributed by atoms with Crippen LogP contribution in [0.4, 0.5) is 24.5 Å². The molecule has 0 bridgehead atoms. The van der Waals surface area contributed by atoms with Gasteiger partial charge in [0.05, 0.1) is 10.6 Å². The lowest BCUT2D eigenvalue weighted by molar-refractivity contribution is -0.137. The van der Waals surface area contributed by atoms with E-state index < -0.39 is 22.7 Å². The van der Waals surface area contributed by atoms with Crippen molar-refractivity contribution in [1.82, 2.24) is 0 Å². The average molecular weight is 431 g/mol. The van der Waals surface area contributed by atoms with Crippen LogP contribution in [0.2, 0.25) is 5.02 Å². The number of alkyl halides is 3. The molecule has 1 N–H and O–H groups in total. The molecule has 0 radical (unpaired) electrons. The Kier molecular flexibility index (Phi) is 5.43. The van der Waals surface area contributed by atoms with E-state index in [-0.39, 0.29) is 5.69 Å². The molecule has 0 unspecified atom stereocenters. The topological polar surface area (TPSA) is 32.3 Å². The first-order chi connectivity index (χ1) is 14.3. The Labute approximate surface area is 177 Å². The van der Waals surface area contributed by atoms with Crippen LogP contribution in [0.1, 0.15) is 27.0 Å². The monoisotopic (exact) mass is 430 g/mol. The number of halogens is 4. The van der Waals surface area contributed by atoms with Crippen LogP contribution in [0.15, 0.2) is 66.7 Å². The molecule has 0 saturated carbocycles. The summed E-state index contributed by atoms with van der Waals surface area (Å²) in [4.78, 5) is 14.7. The maximum absolute atomic E-state index is 13.0. The zero-order valence-corrected chi connectivity index (χ0v) is 16.6. The van der Waals surface area contributed by atoms with Crippen LogP contribution >= 0.6 is 11.6 Å². The lowest BCUT2D eigenvalue weighted by Crippen LogP contribution is -2.19. The summed E-state index contributed by atoms with van der Waals surface area (Å²) in [5, 5.41) is 2.09. The van der Waals surface area contributed by atoms with Gasteiger partial charge >= 0.3 is 6.18 Å². The maximum atomic E-state index is 13.0. The van der Waals surface area contributed by atoms with Crippen molar-refractivity contribution < 1.29 is 18.0 Å². The molecule has 30 heavy (non-hydrogen) atoms. The molecule has 3 aromatic rings. The number of amides is 1. The van der Waals surface area contributed by atoms with Gasteiger partial charge < -0.3 is 10.2 Å². The van der Waals surface area contributed by atoms with Gasteiger partial charge in [0.25, 0.3) is 5.91 Å². The summed E-state index contributed by atoms with van der Waals surface area (Å²) in [6.45, 7) is 1.67. The SMILES string of the molecule is O=C(Nc1ccc(Cl)c(C(F)(F)F)c1)c1ccc(CN2CCc3ccccc32)cc1. The van der Waals surface area contributed by atoms with E-state index in [2.05, 4.69) is 22.3 Å². The van der Waals surface area contributed by atoms with Crippen molar-refractivity contribution in [2.45, 2.75) is 19.1 Å². The van der Waals surface area contributed by atoms with Crippen molar-refractivity contribution in [2.75, 3.05) is 16.8 Å². The molecule has 0 atom stereocenters. The van der Waals surface area contributed by atoms with Gasteiger partial charge in [0.2, 0.25) is 0 Å². The van der Waals surface area contributed by atoms with Crippen LogP contribution in [0.25, 0.3) is 0 Å². The van der Waals surface area contributed by atoms with E-state index in [1.165, 1.54) is 17.3 Å². The van der Waals surface area contributed by atoms with Crippen molar-refractivity contribution in [3.05, 3.63) is 94.0 Å². The maximum Gasteiger partial charge on any atom is 0.417 e. The van der Waals surface area contributed by atoms with Gasteiger partial charge in [-0.05, 0) is 53.9 Å². The highest BCUT2D eigenvalue weighted by molar-refractivity contribution is 6.31. The van der Waals surface area contributed by atoms with Crippen LogP contribution in [0.3, 0.4) is 0 Å². The minimum atomic E-state index is -4.59. The molecular formula is C23H18ClF3N2O. The van der Waals surface area contributed by atoms with Crippen LogP contribution in [-0.4, -0.2) is 12.5 Å². The Hall–Kier alpha value is -2.99. The number of benzene rings is 3. The summed E-state index contributed by atoms with van der Waals surface area (Å²) in [5.41, 5.74) is 3.02. The summed E-state index contributed by atoms with van der Waals surface area (Å²) in [6, 6.07) is 18.7. The standard InChI is InChI=1S/C23H18ClF3N2O/c24-20-10-9-18(13-19(20)23(25,26)27)28-22(30)17-7-5-15(6-8-17)14-29-12-11-16-3-1-2-4-21(16)29/h1-10,13H,11-12,14H2,(H,28,30). The molecule has 3 nitrogen and oxygen atoms in total. The fourth-order valence-corrected chi connectivity index (χ4v) is 3.80. The number of rotatable bonds is 4. The molecular weight excluding hydrogens is 413 g/mol. The molecule has 1 heterocycles. The van der Waals surface area contributed by atoms with E-state index in [0.717, 1.165) is 37.2 Å². The first-order valence-corrected chi connectivity index (χ1v) is 9.79. The first-order valence-electron chi connectivity index (χ1n) is 9.41. The van der Waals surface area contributed by atoms with E-state index in [0.29, 0.717) is 5.56 Å². The summed E-state index contributed by atoms with van der Waals surface area (Å²) < 4.78 is 39.0. The molecule has 1 amide bonds. The van der Waals surface area contributed by atoms with Gasteiger partial charge in [0.15, 0.2) is 0 Å². The van der Waals surface area contributed by atoms with E-state index in [4.69, 9.17) is 11.6 Å². The van der Waals surface area contributed by atoms with Gasteiger partial charge in [-0.1, -0.05) is 41.9 Å².